The number of anilines is 2. The van der Waals surface area contributed by atoms with E-state index in [0.717, 1.165) is 0 Å². The van der Waals surface area contributed by atoms with E-state index in [9.17, 15) is 8.78 Å². The molecular formula is C23H21F2N7OS. The van der Waals surface area contributed by atoms with Crippen LogP contribution in [0.1, 0.15) is 19.4 Å². The van der Waals surface area contributed by atoms with E-state index in [2.05, 4.69) is 36.2 Å². The Bertz CT molecular complexity index is 1360. The summed E-state index contributed by atoms with van der Waals surface area (Å²) >= 11 is 1.24. The number of halogens is 2. The van der Waals surface area contributed by atoms with Crippen LogP contribution in [0.25, 0.3) is 11.0 Å². The number of hydrogen-bond acceptors (Lipinski definition) is 9. The van der Waals surface area contributed by atoms with Crippen molar-refractivity contribution >= 4 is 39.5 Å². The number of rotatable bonds is 6. The quantitative estimate of drug-likeness (QED) is 0.406. The zero-order valence-electron chi connectivity index (χ0n) is 18.4. The molecule has 34 heavy (non-hydrogen) atoms. The van der Waals surface area contributed by atoms with Crippen LogP contribution in [-0.2, 0) is 5.54 Å². The van der Waals surface area contributed by atoms with Gasteiger partial charge in [0, 0.05) is 17.5 Å². The molecule has 8 nitrogen and oxygen atoms in total. The molecule has 0 aromatic carbocycles. The Labute approximate surface area is 198 Å². The maximum atomic E-state index is 15.0. The van der Waals surface area contributed by atoms with Crippen molar-refractivity contribution in [2.45, 2.75) is 24.1 Å². The number of alkyl halides is 1. The van der Waals surface area contributed by atoms with Gasteiger partial charge in [0.2, 0.25) is 5.95 Å². The number of ether oxygens (including phenoxy) is 1. The van der Waals surface area contributed by atoms with Gasteiger partial charge in [0.05, 0.1) is 33.9 Å². The molecule has 0 bridgehead atoms. The van der Waals surface area contributed by atoms with E-state index < -0.39 is 22.9 Å². The third kappa shape index (κ3) is 3.40. The summed E-state index contributed by atoms with van der Waals surface area (Å²) in [7, 11) is 0. The molecule has 174 valence electrons. The van der Waals surface area contributed by atoms with Crippen molar-refractivity contribution in [1.29, 1.82) is 0 Å². The minimum absolute atomic E-state index is 0.0193. The lowest BCUT2D eigenvalue weighted by molar-refractivity contribution is 0.355. The van der Waals surface area contributed by atoms with E-state index in [-0.39, 0.29) is 29.2 Å². The van der Waals surface area contributed by atoms with Crippen LogP contribution in [0.15, 0.2) is 35.8 Å². The fourth-order valence-corrected chi connectivity index (χ4v) is 6.42. The van der Waals surface area contributed by atoms with Gasteiger partial charge in [-0.05, 0) is 18.9 Å². The van der Waals surface area contributed by atoms with Gasteiger partial charge in [-0.3, -0.25) is 4.99 Å². The van der Waals surface area contributed by atoms with Gasteiger partial charge in [0.1, 0.15) is 30.9 Å². The predicted molar refractivity (Wildman–Crippen MR) is 127 cm³/mol. The van der Waals surface area contributed by atoms with Gasteiger partial charge >= 0.3 is 0 Å². The average molecular weight is 482 g/mol. The number of nitrogens with zero attached hydrogens (tertiary/aromatic N) is 5. The summed E-state index contributed by atoms with van der Waals surface area (Å²) in [6.07, 6.45) is 9.48. The van der Waals surface area contributed by atoms with E-state index in [1.54, 1.807) is 19.1 Å². The number of thioether (sulfide) groups is 1. The fraction of sp³-hybridized carbons (Fsp3) is 0.348. The molecule has 2 aliphatic rings. The molecule has 1 aliphatic carbocycles. The molecule has 1 aliphatic heterocycles. The highest BCUT2D eigenvalue weighted by Gasteiger charge is 2.72. The first-order chi connectivity index (χ1) is 16.3. The molecule has 3 aromatic heterocycles. The molecular weight excluding hydrogens is 460 g/mol. The summed E-state index contributed by atoms with van der Waals surface area (Å²) in [6.45, 7) is 3.27. The van der Waals surface area contributed by atoms with Crippen LogP contribution in [-0.4, -0.2) is 43.1 Å². The number of aromatic nitrogens is 4. The number of amidine groups is 1. The van der Waals surface area contributed by atoms with Gasteiger partial charge < -0.3 is 15.8 Å². The second kappa shape index (κ2) is 8.06. The molecule has 0 spiro atoms. The molecule has 0 radical (unpaired) electrons. The van der Waals surface area contributed by atoms with Gasteiger partial charge in [0.25, 0.3) is 0 Å². The molecule has 3 aromatic rings. The Balaban J connectivity index is 1.50. The van der Waals surface area contributed by atoms with Crippen LogP contribution >= 0.6 is 11.8 Å². The molecule has 1 saturated carbocycles. The zero-order chi connectivity index (χ0) is 24.1. The van der Waals surface area contributed by atoms with Crippen molar-refractivity contribution in [2.24, 2.45) is 22.6 Å². The molecule has 0 saturated heterocycles. The molecule has 5 rings (SSSR count). The van der Waals surface area contributed by atoms with Crippen LogP contribution in [0.2, 0.25) is 0 Å². The van der Waals surface area contributed by atoms with Crippen LogP contribution in [0.4, 0.5) is 20.3 Å². The Morgan fingerprint density at radius 2 is 2.09 bits per heavy atom. The Hall–Kier alpha value is -3.52. The summed E-state index contributed by atoms with van der Waals surface area (Å²) in [5.74, 6) is 2.37. The number of aliphatic imine (C=N–C) groups is 1. The van der Waals surface area contributed by atoms with E-state index in [1.807, 2.05) is 6.92 Å². The summed E-state index contributed by atoms with van der Waals surface area (Å²) in [5, 5.41) is 3.38. The standard InChI is InChI=1S/C23H21F2N7OS/c1-4-5-33-14-7-16-17(27-9-14)20(30-11-29-16)31-13-6-15(19(25)28-8-13)22(3)18-12(2)23(18,10-24)34-21(26)32-22/h1,6-9,11-12,18H,5,10H2,2-3H3,(H2,26,32)(H,29,30,31)/t12-,18-,22+,23-/m0/s1. The SMILES string of the molecule is C#CCOc1cnc2c(Nc3cnc(F)c([C@@]4(C)N=C(N)S[C@]5(CF)[C@H]4[C@@H]5C)c3)ncnc2c1. The molecule has 1 fully saturated rings. The summed E-state index contributed by atoms with van der Waals surface area (Å²) < 4.78 is 33.7. The van der Waals surface area contributed by atoms with E-state index in [1.165, 1.54) is 30.5 Å². The van der Waals surface area contributed by atoms with Crippen molar-refractivity contribution < 1.29 is 13.5 Å². The maximum absolute atomic E-state index is 15.0. The third-order valence-electron chi connectivity index (χ3n) is 6.56. The van der Waals surface area contributed by atoms with Gasteiger partial charge in [-0.15, -0.1) is 6.42 Å². The topological polar surface area (TPSA) is 111 Å². The van der Waals surface area contributed by atoms with Crippen LogP contribution in [0, 0.1) is 30.1 Å². The Kier molecular flexibility index (Phi) is 5.28. The van der Waals surface area contributed by atoms with Crippen molar-refractivity contribution in [3.63, 3.8) is 0 Å². The summed E-state index contributed by atoms with van der Waals surface area (Å²) in [5.41, 5.74) is 6.73. The molecule has 4 atom stereocenters. The molecule has 4 heterocycles. The van der Waals surface area contributed by atoms with Crippen molar-refractivity contribution in [3.8, 4) is 18.1 Å². The van der Waals surface area contributed by atoms with Crippen molar-refractivity contribution in [2.75, 3.05) is 18.6 Å². The molecule has 0 unspecified atom stereocenters. The highest BCUT2D eigenvalue weighted by Crippen LogP contribution is 2.69. The minimum Gasteiger partial charge on any atom is -0.479 e. The normalized spacial score (nSPS) is 27.4. The number of nitrogens with one attached hydrogen (secondary N) is 1. The molecule has 11 heteroatoms. The average Bonchev–Trinajstić information content (AvgIpc) is 3.43. The third-order valence-corrected chi connectivity index (χ3v) is 7.97. The number of fused-ring (bicyclic) bond motifs is 2. The minimum atomic E-state index is -1.05. The van der Waals surface area contributed by atoms with Gasteiger partial charge in [-0.25, -0.2) is 24.3 Å². The number of pyridine rings is 2. The van der Waals surface area contributed by atoms with Gasteiger partial charge in [-0.2, -0.15) is 4.39 Å². The fourth-order valence-electron chi connectivity index (χ4n) is 4.92. The van der Waals surface area contributed by atoms with E-state index in [0.29, 0.717) is 28.3 Å². The van der Waals surface area contributed by atoms with E-state index in [4.69, 9.17) is 16.9 Å². The first-order valence-corrected chi connectivity index (χ1v) is 11.3. The first kappa shape index (κ1) is 22.3. The van der Waals surface area contributed by atoms with Gasteiger partial charge in [0.15, 0.2) is 11.0 Å². The number of nitrogens with two attached hydrogens (primary N) is 1. The van der Waals surface area contributed by atoms with Crippen LogP contribution in [0.3, 0.4) is 0 Å². The number of terminal acetylenes is 1. The lowest BCUT2D eigenvalue weighted by Crippen LogP contribution is -2.37. The van der Waals surface area contributed by atoms with Crippen molar-refractivity contribution in [1.82, 2.24) is 19.9 Å². The largest absolute Gasteiger partial charge is 0.479 e. The lowest BCUT2D eigenvalue weighted by atomic mass is 9.86. The number of hydrogen-bond donors (Lipinski definition) is 2. The van der Waals surface area contributed by atoms with Crippen LogP contribution in [0.5, 0.6) is 5.75 Å². The lowest BCUT2D eigenvalue weighted by Gasteiger charge is -2.33. The Morgan fingerprint density at radius 3 is 2.85 bits per heavy atom. The molecule has 0 amide bonds. The highest BCUT2D eigenvalue weighted by molar-refractivity contribution is 8.15. The first-order valence-electron chi connectivity index (χ1n) is 10.5. The smallest absolute Gasteiger partial charge is 0.218 e. The highest BCUT2D eigenvalue weighted by atomic mass is 32.2. The summed E-state index contributed by atoms with van der Waals surface area (Å²) in [4.78, 5) is 21.4. The second-order valence-corrected chi connectivity index (χ2v) is 9.88. The second-order valence-electron chi connectivity index (χ2n) is 8.50. The van der Waals surface area contributed by atoms with Crippen LogP contribution < -0.4 is 15.8 Å². The monoisotopic (exact) mass is 481 g/mol. The van der Waals surface area contributed by atoms with E-state index >= 15 is 0 Å². The maximum Gasteiger partial charge on any atom is 0.218 e. The molecule has 3 N–H and O–H groups in total. The summed E-state index contributed by atoms with van der Waals surface area (Å²) in [6, 6.07) is 3.31. The van der Waals surface area contributed by atoms with Gasteiger partial charge in [-0.1, -0.05) is 24.6 Å². The predicted octanol–water partition coefficient (Wildman–Crippen LogP) is 3.57. The zero-order valence-corrected chi connectivity index (χ0v) is 19.2. The van der Waals surface area contributed by atoms with Crippen molar-refractivity contribution in [3.05, 3.63) is 42.4 Å². The Morgan fingerprint density at radius 1 is 1.26 bits per heavy atom.